The van der Waals surface area contributed by atoms with E-state index in [0.29, 0.717) is 17.3 Å². The number of aromatic carboxylic acids is 1. The number of carbonyl (C=O) groups is 1. The van der Waals surface area contributed by atoms with Crippen LogP contribution in [0, 0.1) is 11.8 Å². The molecule has 2 aliphatic carbocycles. The summed E-state index contributed by atoms with van der Waals surface area (Å²) < 4.78 is 0. The Bertz CT molecular complexity index is 542. The van der Waals surface area contributed by atoms with E-state index in [4.69, 9.17) is 0 Å². The highest BCUT2D eigenvalue weighted by Crippen LogP contribution is 2.39. The van der Waals surface area contributed by atoms with Crippen molar-refractivity contribution >= 4 is 11.8 Å². The molecule has 0 aliphatic heterocycles. The van der Waals surface area contributed by atoms with E-state index in [1.165, 1.54) is 6.42 Å². The van der Waals surface area contributed by atoms with Gasteiger partial charge in [-0.15, -0.1) is 0 Å². The first-order valence-corrected chi connectivity index (χ1v) is 7.53. The standard InChI is InChI=1S/C16H22N2O2/c1-10-7-12(10)9-18(2)15-13(16(19)20)8-11-5-3-4-6-14(11)17-15/h8,10,12H,3-7,9H2,1-2H3,(H,19,20). The maximum atomic E-state index is 11.5. The van der Waals surface area contributed by atoms with Gasteiger partial charge >= 0.3 is 5.97 Å². The van der Waals surface area contributed by atoms with Gasteiger partial charge in [0.25, 0.3) is 0 Å². The second kappa shape index (κ2) is 5.08. The van der Waals surface area contributed by atoms with Crippen molar-refractivity contribution in [3.8, 4) is 0 Å². The number of aromatic nitrogens is 1. The lowest BCUT2D eigenvalue weighted by Crippen LogP contribution is -2.25. The Morgan fingerprint density at radius 3 is 2.80 bits per heavy atom. The van der Waals surface area contributed by atoms with Crippen molar-refractivity contribution in [3.05, 3.63) is 22.9 Å². The van der Waals surface area contributed by atoms with E-state index in [9.17, 15) is 9.90 Å². The lowest BCUT2D eigenvalue weighted by atomic mass is 9.94. The summed E-state index contributed by atoms with van der Waals surface area (Å²) in [6.45, 7) is 3.16. The molecule has 0 aromatic carbocycles. The zero-order chi connectivity index (χ0) is 14.3. The molecule has 1 saturated carbocycles. The fourth-order valence-electron chi connectivity index (χ4n) is 3.16. The van der Waals surface area contributed by atoms with Crippen molar-refractivity contribution in [2.75, 3.05) is 18.5 Å². The molecule has 2 unspecified atom stereocenters. The summed E-state index contributed by atoms with van der Waals surface area (Å²) >= 11 is 0. The molecule has 2 atom stereocenters. The van der Waals surface area contributed by atoms with Gasteiger partial charge in [0.15, 0.2) is 0 Å². The number of pyridine rings is 1. The minimum absolute atomic E-state index is 0.362. The second-order valence-electron chi connectivity index (χ2n) is 6.33. The highest BCUT2D eigenvalue weighted by molar-refractivity contribution is 5.93. The first kappa shape index (κ1) is 13.4. The lowest BCUT2D eigenvalue weighted by molar-refractivity contribution is 0.0697. The van der Waals surface area contributed by atoms with Crippen LogP contribution in [0.1, 0.15) is 47.8 Å². The maximum Gasteiger partial charge on any atom is 0.339 e. The third-order valence-electron chi connectivity index (χ3n) is 4.66. The number of carboxylic acids is 1. The van der Waals surface area contributed by atoms with Gasteiger partial charge in [-0.25, -0.2) is 9.78 Å². The second-order valence-corrected chi connectivity index (χ2v) is 6.33. The molecule has 108 valence electrons. The Labute approximate surface area is 119 Å². The summed E-state index contributed by atoms with van der Waals surface area (Å²) in [5, 5.41) is 9.45. The molecule has 0 saturated heterocycles. The number of anilines is 1. The van der Waals surface area contributed by atoms with E-state index < -0.39 is 5.97 Å². The number of fused-ring (bicyclic) bond motifs is 1. The highest BCUT2D eigenvalue weighted by Gasteiger charge is 2.34. The molecule has 20 heavy (non-hydrogen) atoms. The van der Waals surface area contributed by atoms with Gasteiger partial charge in [0.2, 0.25) is 0 Å². The van der Waals surface area contributed by atoms with Crippen molar-refractivity contribution in [2.24, 2.45) is 11.8 Å². The number of carboxylic acid groups (broad SMARTS) is 1. The van der Waals surface area contributed by atoms with E-state index >= 15 is 0 Å². The van der Waals surface area contributed by atoms with Crippen LogP contribution in [0.3, 0.4) is 0 Å². The van der Waals surface area contributed by atoms with Gasteiger partial charge in [0.1, 0.15) is 11.4 Å². The molecule has 3 rings (SSSR count). The van der Waals surface area contributed by atoms with E-state index in [2.05, 4.69) is 11.9 Å². The number of aryl methyl sites for hydroxylation is 2. The highest BCUT2D eigenvalue weighted by atomic mass is 16.4. The summed E-state index contributed by atoms with van der Waals surface area (Å²) in [5.41, 5.74) is 2.60. The SMILES string of the molecule is CC1CC1CN(C)c1nc2c(cc1C(=O)O)CCCC2. The third kappa shape index (κ3) is 2.51. The molecule has 4 nitrogen and oxygen atoms in total. The fourth-order valence-corrected chi connectivity index (χ4v) is 3.16. The zero-order valence-electron chi connectivity index (χ0n) is 12.2. The van der Waals surface area contributed by atoms with Crippen molar-refractivity contribution in [1.29, 1.82) is 0 Å². The summed E-state index contributed by atoms with van der Waals surface area (Å²) in [4.78, 5) is 18.2. The molecule has 0 amide bonds. The van der Waals surface area contributed by atoms with Gasteiger partial charge in [-0.05, 0) is 55.6 Å². The smallest absolute Gasteiger partial charge is 0.339 e. The average molecular weight is 274 g/mol. The molecule has 1 aromatic rings. The first-order chi connectivity index (χ1) is 9.56. The van der Waals surface area contributed by atoms with E-state index in [-0.39, 0.29) is 0 Å². The van der Waals surface area contributed by atoms with Crippen LogP contribution in [0.4, 0.5) is 5.82 Å². The molecular weight excluding hydrogens is 252 g/mol. The number of rotatable bonds is 4. The molecule has 1 heterocycles. The molecule has 0 spiro atoms. The topological polar surface area (TPSA) is 53.4 Å². The zero-order valence-corrected chi connectivity index (χ0v) is 12.2. The monoisotopic (exact) mass is 274 g/mol. The van der Waals surface area contributed by atoms with Crippen molar-refractivity contribution in [3.63, 3.8) is 0 Å². The minimum Gasteiger partial charge on any atom is -0.478 e. The largest absolute Gasteiger partial charge is 0.478 e. The van der Waals surface area contributed by atoms with Crippen LogP contribution in [0.5, 0.6) is 0 Å². The lowest BCUT2D eigenvalue weighted by Gasteiger charge is -2.24. The number of nitrogens with zero attached hydrogens (tertiary/aromatic N) is 2. The van der Waals surface area contributed by atoms with Crippen molar-refractivity contribution < 1.29 is 9.90 Å². The molecule has 4 heteroatoms. The predicted octanol–water partition coefficient (Wildman–Crippen LogP) is 2.75. The summed E-state index contributed by atoms with van der Waals surface area (Å²) in [6.07, 6.45) is 5.50. The Hall–Kier alpha value is -1.58. The molecule has 1 N–H and O–H groups in total. The van der Waals surface area contributed by atoms with Gasteiger partial charge in [-0.1, -0.05) is 6.92 Å². The maximum absolute atomic E-state index is 11.5. The van der Waals surface area contributed by atoms with Gasteiger partial charge in [-0.3, -0.25) is 0 Å². The van der Waals surface area contributed by atoms with Crippen LogP contribution in [0.25, 0.3) is 0 Å². The molecule has 0 radical (unpaired) electrons. The number of hydrogen-bond acceptors (Lipinski definition) is 3. The minimum atomic E-state index is -0.864. The van der Waals surface area contributed by atoms with Gasteiger partial charge in [-0.2, -0.15) is 0 Å². The van der Waals surface area contributed by atoms with Crippen LogP contribution < -0.4 is 4.90 Å². The van der Waals surface area contributed by atoms with Crippen LogP contribution in [0.2, 0.25) is 0 Å². The molecule has 1 fully saturated rings. The molecule has 1 aromatic heterocycles. The summed E-state index contributed by atoms with van der Waals surface area (Å²) in [7, 11) is 1.97. The van der Waals surface area contributed by atoms with Gasteiger partial charge in [0.05, 0.1) is 0 Å². The van der Waals surface area contributed by atoms with Crippen LogP contribution >= 0.6 is 0 Å². The average Bonchev–Trinajstić information content (AvgIpc) is 3.12. The van der Waals surface area contributed by atoms with Crippen molar-refractivity contribution in [2.45, 2.75) is 39.0 Å². The van der Waals surface area contributed by atoms with Gasteiger partial charge in [0, 0.05) is 19.3 Å². The normalized spacial score (nSPS) is 24.1. The summed E-state index contributed by atoms with van der Waals surface area (Å²) in [5.74, 6) is 1.25. The van der Waals surface area contributed by atoms with E-state index in [1.54, 1.807) is 0 Å². The predicted molar refractivity (Wildman–Crippen MR) is 78.4 cm³/mol. The van der Waals surface area contributed by atoms with Crippen LogP contribution in [0.15, 0.2) is 6.07 Å². The Morgan fingerprint density at radius 2 is 2.15 bits per heavy atom. The Kier molecular flexibility index (Phi) is 3.40. The summed E-state index contributed by atoms with van der Waals surface area (Å²) in [6, 6.07) is 1.85. The quantitative estimate of drug-likeness (QED) is 0.917. The van der Waals surface area contributed by atoms with E-state index in [1.807, 2.05) is 18.0 Å². The molecular formula is C16H22N2O2. The molecule has 0 bridgehead atoms. The van der Waals surface area contributed by atoms with Crippen molar-refractivity contribution in [1.82, 2.24) is 4.98 Å². The Morgan fingerprint density at radius 1 is 1.45 bits per heavy atom. The van der Waals surface area contributed by atoms with Crippen LogP contribution in [-0.2, 0) is 12.8 Å². The number of hydrogen-bond donors (Lipinski definition) is 1. The van der Waals surface area contributed by atoms with Crippen LogP contribution in [-0.4, -0.2) is 29.7 Å². The van der Waals surface area contributed by atoms with Gasteiger partial charge < -0.3 is 10.0 Å². The first-order valence-electron chi connectivity index (χ1n) is 7.53. The van der Waals surface area contributed by atoms with E-state index in [0.717, 1.165) is 49.4 Å². The Balaban J connectivity index is 1.92. The molecule has 2 aliphatic rings. The fraction of sp³-hybridized carbons (Fsp3) is 0.625. The third-order valence-corrected chi connectivity index (χ3v) is 4.66.